The third-order valence-electron chi connectivity index (χ3n) is 6.11. The lowest BCUT2D eigenvalue weighted by molar-refractivity contribution is -0.115. The summed E-state index contributed by atoms with van der Waals surface area (Å²) in [5.74, 6) is 0.694. The number of rotatable bonds is 3. The number of hydrogen-bond donors (Lipinski definition) is 1. The predicted octanol–water partition coefficient (Wildman–Crippen LogP) is 2.55. The van der Waals surface area contributed by atoms with Crippen LogP contribution >= 0.6 is 0 Å². The molecule has 2 unspecified atom stereocenters. The molecule has 1 aromatic heterocycles. The SMILES string of the molecule is CN1C2CCC1CC(NC(=O)C1=NN=C3CC=C(c4ccco4)C=C31)C2. The normalized spacial score (nSPS) is 30.3. The average Bonchev–Trinajstić information content (AvgIpc) is 3.34. The molecule has 2 fully saturated rings. The molecule has 3 aliphatic heterocycles. The number of furan rings is 1. The largest absolute Gasteiger partial charge is 0.464 e. The summed E-state index contributed by atoms with van der Waals surface area (Å²) in [5.41, 5.74) is 3.09. The van der Waals surface area contributed by atoms with Gasteiger partial charge >= 0.3 is 0 Å². The Morgan fingerprint density at radius 3 is 2.81 bits per heavy atom. The van der Waals surface area contributed by atoms with Gasteiger partial charge in [-0.3, -0.25) is 4.79 Å². The number of allylic oxidation sites excluding steroid dienone is 3. The van der Waals surface area contributed by atoms with Crippen LogP contribution in [0.5, 0.6) is 0 Å². The van der Waals surface area contributed by atoms with Crippen molar-refractivity contribution in [1.29, 1.82) is 0 Å². The number of nitrogens with one attached hydrogen (secondary N) is 1. The summed E-state index contributed by atoms with van der Waals surface area (Å²) >= 11 is 0. The van der Waals surface area contributed by atoms with E-state index in [2.05, 4.69) is 33.5 Å². The zero-order chi connectivity index (χ0) is 17.7. The minimum Gasteiger partial charge on any atom is -0.464 e. The number of piperidine rings is 1. The van der Waals surface area contributed by atoms with Crippen LogP contribution in [0.4, 0.5) is 0 Å². The quantitative estimate of drug-likeness (QED) is 0.911. The second kappa shape index (κ2) is 6.06. The number of carbonyl (C=O) groups is 1. The summed E-state index contributed by atoms with van der Waals surface area (Å²) in [4.78, 5) is 15.3. The van der Waals surface area contributed by atoms with Crippen LogP contribution in [0.25, 0.3) is 5.57 Å². The molecular formula is C20H22N4O2. The molecule has 0 spiro atoms. The fourth-order valence-electron chi connectivity index (χ4n) is 4.64. The number of fused-ring (bicyclic) bond motifs is 3. The van der Waals surface area contributed by atoms with E-state index in [4.69, 9.17) is 4.42 Å². The van der Waals surface area contributed by atoms with Crippen LogP contribution in [-0.4, -0.2) is 47.4 Å². The number of amides is 1. The number of nitrogens with zero attached hydrogens (tertiary/aromatic N) is 3. The molecule has 0 aromatic carbocycles. The molecule has 0 saturated carbocycles. The van der Waals surface area contributed by atoms with Gasteiger partial charge in [0.2, 0.25) is 0 Å². The van der Waals surface area contributed by atoms with Gasteiger partial charge in [-0.1, -0.05) is 6.08 Å². The first kappa shape index (κ1) is 15.8. The zero-order valence-corrected chi connectivity index (χ0v) is 14.8. The molecule has 2 bridgehead atoms. The molecule has 1 aromatic rings. The minimum atomic E-state index is -0.107. The number of carbonyl (C=O) groups excluding carboxylic acids is 1. The average molecular weight is 350 g/mol. The first-order chi connectivity index (χ1) is 12.7. The summed E-state index contributed by atoms with van der Waals surface area (Å²) in [6.45, 7) is 0. The molecule has 2 atom stereocenters. The number of hydrogen-bond acceptors (Lipinski definition) is 5. The third kappa shape index (κ3) is 2.56. The van der Waals surface area contributed by atoms with Crippen molar-refractivity contribution in [2.75, 3.05) is 7.05 Å². The van der Waals surface area contributed by atoms with Gasteiger partial charge in [-0.2, -0.15) is 5.10 Å². The van der Waals surface area contributed by atoms with Crippen molar-refractivity contribution >= 4 is 22.9 Å². The van der Waals surface area contributed by atoms with E-state index < -0.39 is 0 Å². The van der Waals surface area contributed by atoms with Crippen molar-refractivity contribution < 1.29 is 9.21 Å². The predicted molar refractivity (Wildman–Crippen MR) is 100.0 cm³/mol. The van der Waals surface area contributed by atoms with Gasteiger partial charge in [0, 0.05) is 35.7 Å². The zero-order valence-electron chi connectivity index (χ0n) is 14.8. The van der Waals surface area contributed by atoms with Crippen molar-refractivity contribution in [2.24, 2.45) is 10.2 Å². The van der Waals surface area contributed by atoms with Crippen molar-refractivity contribution in [2.45, 2.75) is 50.2 Å². The lowest BCUT2D eigenvalue weighted by Gasteiger charge is -2.36. The molecular weight excluding hydrogens is 328 g/mol. The molecule has 6 heteroatoms. The molecule has 1 amide bonds. The van der Waals surface area contributed by atoms with E-state index in [1.165, 1.54) is 12.8 Å². The van der Waals surface area contributed by atoms with E-state index in [1.54, 1.807) is 6.26 Å². The van der Waals surface area contributed by atoms with Crippen molar-refractivity contribution in [3.63, 3.8) is 0 Å². The molecule has 26 heavy (non-hydrogen) atoms. The fraction of sp³-hybridized carbons (Fsp3) is 0.450. The molecule has 1 N–H and O–H groups in total. The molecule has 6 nitrogen and oxygen atoms in total. The Morgan fingerprint density at radius 1 is 1.27 bits per heavy atom. The fourth-order valence-corrected chi connectivity index (χ4v) is 4.64. The maximum absolute atomic E-state index is 12.9. The van der Waals surface area contributed by atoms with Crippen LogP contribution in [0.2, 0.25) is 0 Å². The van der Waals surface area contributed by atoms with E-state index in [1.807, 2.05) is 18.2 Å². The Bertz CT molecular complexity index is 848. The Balaban J connectivity index is 1.31. The summed E-state index contributed by atoms with van der Waals surface area (Å²) in [6, 6.07) is 5.21. The van der Waals surface area contributed by atoms with E-state index in [0.717, 1.165) is 35.5 Å². The Labute approximate surface area is 152 Å². The second-order valence-electron chi connectivity index (χ2n) is 7.59. The topological polar surface area (TPSA) is 70.2 Å². The van der Waals surface area contributed by atoms with Gasteiger partial charge < -0.3 is 14.6 Å². The Kier molecular flexibility index (Phi) is 3.67. The van der Waals surface area contributed by atoms with Crippen LogP contribution in [0, 0.1) is 0 Å². The van der Waals surface area contributed by atoms with Crippen LogP contribution < -0.4 is 5.32 Å². The smallest absolute Gasteiger partial charge is 0.272 e. The summed E-state index contributed by atoms with van der Waals surface area (Å²) < 4.78 is 5.48. The van der Waals surface area contributed by atoms with Gasteiger partial charge in [0.1, 0.15) is 5.76 Å². The summed E-state index contributed by atoms with van der Waals surface area (Å²) in [5, 5.41) is 11.6. The first-order valence-corrected chi connectivity index (χ1v) is 9.33. The van der Waals surface area contributed by atoms with Gasteiger partial charge in [-0.25, -0.2) is 0 Å². The monoisotopic (exact) mass is 350 g/mol. The van der Waals surface area contributed by atoms with Gasteiger partial charge in [-0.15, -0.1) is 5.10 Å². The van der Waals surface area contributed by atoms with Crippen LogP contribution in [0.1, 0.15) is 37.9 Å². The summed E-state index contributed by atoms with van der Waals surface area (Å²) in [7, 11) is 2.21. The highest BCUT2D eigenvalue weighted by atomic mass is 16.3. The molecule has 4 heterocycles. The molecule has 0 radical (unpaired) electrons. The summed E-state index contributed by atoms with van der Waals surface area (Å²) in [6.07, 6.45) is 10.9. The highest BCUT2D eigenvalue weighted by Gasteiger charge is 2.39. The second-order valence-corrected chi connectivity index (χ2v) is 7.59. The van der Waals surface area contributed by atoms with E-state index in [9.17, 15) is 4.79 Å². The van der Waals surface area contributed by atoms with Crippen molar-refractivity contribution in [1.82, 2.24) is 10.2 Å². The minimum absolute atomic E-state index is 0.107. The Morgan fingerprint density at radius 2 is 2.08 bits per heavy atom. The molecule has 1 aliphatic carbocycles. The van der Waals surface area contributed by atoms with Gasteiger partial charge in [0.15, 0.2) is 5.71 Å². The third-order valence-corrected chi connectivity index (χ3v) is 6.11. The molecule has 5 rings (SSSR count). The van der Waals surface area contributed by atoms with E-state index >= 15 is 0 Å². The molecule has 4 aliphatic rings. The van der Waals surface area contributed by atoms with Gasteiger partial charge in [0.05, 0.1) is 12.0 Å². The van der Waals surface area contributed by atoms with Crippen molar-refractivity contribution in [3.05, 3.63) is 41.9 Å². The lowest BCUT2D eigenvalue weighted by atomic mass is 9.92. The van der Waals surface area contributed by atoms with Crippen molar-refractivity contribution in [3.8, 4) is 0 Å². The first-order valence-electron chi connectivity index (χ1n) is 9.33. The van der Waals surface area contributed by atoms with E-state index in [-0.39, 0.29) is 11.9 Å². The van der Waals surface area contributed by atoms with Gasteiger partial charge in [0.25, 0.3) is 5.91 Å². The lowest BCUT2D eigenvalue weighted by Crippen LogP contribution is -2.50. The highest BCUT2D eigenvalue weighted by Crippen LogP contribution is 2.34. The standard InChI is InChI=1S/C20H22N4O2/c1-24-14-5-6-15(24)11-13(10-14)21-20(25)19-16-9-12(18-3-2-8-26-18)4-7-17(16)22-23-19/h2-4,8-9,13-15H,5-7,10-11H2,1H3,(H,21,25). The van der Waals surface area contributed by atoms with Crippen LogP contribution in [0.15, 0.2) is 50.7 Å². The Hall–Kier alpha value is -2.47. The molecule has 134 valence electrons. The maximum atomic E-state index is 12.9. The van der Waals surface area contributed by atoms with Crippen LogP contribution in [-0.2, 0) is 4.79 Å². The maximum Gasteiger partial charge on any atom is 0.272 e. The van der Waals surface area contributed by atoms with Gasteiger partial charge in [-0.05, 0) is 50.9 Å². The highest BCUT2D eigenvalue weighted by molar-refractivity contribution is 6.53. The van der Waals surface area contributed by atoms with E-state index in [0.29, 0.717) is 24.2 Å². The molecule has 2 saturated heterocycles. The van der Waals surface area contributed by atoms with Crippen LogP contribution in [0.3, 0.4) is 0 Å².